The second-order valence-electron chi connectivity index (χ2n) is 7.33. The van der Waals surface area contributed by atoms with E-state index < -0.39 is 10.0 Å². The first-order valence-electron chi connectivity index (χ1n) is 9.52. The second-order valence-corrected chi connectivity index (χ2v) is 9.27. The summed E-state index contributed by atoms with van der Waals surface area (Å²) in [6, 6.07) is 16.3. The van der Waals surface area contributed by atoms with Crippen LogP contribution in [0.1, 0.15) is 47.6 Å². The van der Waals surface area contributed by atoms with E-state index in [1.54, 1.807) is 12.1 Å². The lowest BCUT2D eigenvalue weighted by atomic mass is 10.0. The largest absolute Gasteiger partial charge is 0.345 e. The van der Waals surface area contributed by atoms with Crippen LogP contribution in [0.3, 0.4) is 0 Å². The lowest BCUT2D eigenvalue weighted by Crippen LogP contribution is -2.30. The summed E-state index contributed by atoms with van der Waals surface area (Å²) in [7, 11) is -3.45. The number of nitrogens with zero attached hydrogens (tertiary/aromatic N) is 1. The quantitative estimate of drug-likeness (QED) is 0.831. The first kappa shape index (κ1) is 18.2. The average Bonchev–Trinajstić information content (AvgIpc) is 3.38. The molecule has 142 valence electrons. The van der Waals surface area contributed by atoms with E-state index >= 15 is 0 Å². The van der Waals surface area contributed by atoms with Crippen LogP contribution in [0.25, 0.3) is 0 Å². The molecule has 1 atom stereocenters. The van der Waals surface area contributed by atoms with Crippen molar-refractivity contribution >= 4 is 15.9 Å². The highest BCUT2D eigenvalue weighted by atomic mass is 32.2. The lowest BCUT2D eigenvalue weighted by Gasteiger charge is -2.19. The van der Waals surface area contributed by atoms with Gasteiger partial charge in [-0.2, -0.15) is 4.31 Å². The van der Waals surface area contributed by atoms with Crippen LogP contribution >= 0.6 is 0 Å². The minimum absolute atomic E-state index is 0.00621. The van der Waals surface area contributed by atoms with E-state index in [9.17, 15) is 13.2 Å². The SMILES string of the molecule is O=C(N[C@H](c1ccccc1)C1CC1)c1ccc(S(=O)(=O)N2CCCC2)cc1. The molecular formula is C21H24N2O3S. The number of rotatable bonds is 6. The van der Waals surface area contributed by atoms with Crippen molar-refractivity contribution in [3.63, 3.8) is 0 Å². The zero-order valence-corrected chi connectivity index (χ0v) is 16.0. The Kier molecular flexibility index (Phi) is 5.02. The molecule has 2 aromatic rings. The van der Waals surface area contributed by atoms with Gasteiger partial charge in [0, 0.05) is 18.7 Å². The molecule has 1 aliphatic carbocycles. The second kappa shape index (κ2) is 7.44. The highest BCUT2D eigenvalue weighted by Crippen LogP contribution is 2.41. The van der Waals surface area contributed by atoms with Crippen LogP contribution in [0, 0.1) is 5.92 Å². The van der Waals surface area contributed by atoms with Crippen molar-refractivity contribution in [2.75, 3.05) is 13.1 Å². The monoisotopic (exact) mass is 384 g/mol. The number of carbonyl (C=O) groups excluding carboxylic acids is 1. The zero-order chi connectivity index (χ0) is 18.9. The highest BCUT2D eigenvalue weighted by Gasteiger charge is 2.33. The van der Waals surface area contributed by atoms with Gasteiger partial charge in [0.25, 0.3) is 5.91 Å². The maximum Gasteiger partial charge on any atom is 0.251 e. The predicted octanol–water partition coefficient (Wildman–Crippen LogP) is 3.35. The number of benzene rings is 2. The first-order valence-corrected chi connectivity index (χ1v) is 11.0. The molecule has 2 aromatic carbocycles. The summed E-state index contributed by atoms with van der Waals surface area (Å²) >= 11 is 0. The molecule has 0 unspecified atom stereocenters. The van der Waals surface area contributed by atoms with Gasteiger partial charge in [-0.25, -0.2) is 8.42 Å². The normalized spacial score (nSPS) is 19.0. The third-order valence-electron chi connectivity index (χ3n) is 5.36. The van der Waals surface area contributed by atoms with Crippen molar-refractivity contribution in [1.82, 2.24) is 9.62 Å². The van der Waals surface area contributed by atoms with Gasteiger partial charge in [-0.05, 0) is 61.4 Å². The lowest BCUT2D eigenvalue weighted by molar-refractivity contribution is 0.0931. The zero-order valence-electron chi connectivity index (χ0n) is 15.2. The first-order chi connectivity index (χ1) is 13.1. The predicted molar refractivity (Wildman–Crippen MR) is 104 cm³/mol. The summed E-state index contributed by atoms with van der Waals surface area (Å²) in [5.74, 6) is 0.312. The fraction of sp³-hybridized carbons (Fsp3) is 0.381. The van der Waals surface area contributed by atoms with Crippen LogP contribution in [0.5, 0.6) is 0 Å². The molecule has 0 bridgehead atoms. The Labute approximate surface area is 160 Å². The summed E-state index contributed by atoms with van der Waals surface area (Å²) in [4.78, 5) is 13.0. The molecule has 27 heavy (non-hydrogen) atoms. The van der Waals surface area contributed by atoms with E-state index in [1.165, 1.54) is 16.4 Å². The van der Waals surface area contributed by atoms with Crippen molar-refractivity contribution < 1.29 is 13.2 Å². The number of hydrogen-bond acceptors (Lipinski definition) is 3. The van der Waals surface area contributed by atoms with Crippen molar-refractivity contribution in [2.45, 2.75) is 36.6 Å². The van der Waals surface area contributed by atoms with Gasteiger partial charge in [-0.3, -0.25) is 4.79 Å². The molecule has 1 N–H and O–H groups in total. The van der Waals surface area contributed by atoms with Crippen LogP contribution in [-0.4, -0.2) is 31.7 Å². The molecule has 4 rings (SSSR count). The molecule has 5 nitrogen and oxygen atoms in total. The van der Waals surface area contributed by atoms with Gasteiger partial charge < -0.3 is 5.32 Å². The molecule has 2 fully saturated rings. The molecule has 1 amide bonds. The molecule has 0 spiro atoms. The van der Waals surface area contributed by atoms with E-state index in [-0.39, 0.29) is 16.8 Å². The van der Waals surface area contributed by atoms with E-state index in [2.05, 4.69) is 5.32 Å². The van der Waals surface area contributed by atoms with Crippen molar-refractivity contribution in [3.05, 3.63) is 65.7 Å². The fourth-order valence-corrected chi connectivity index (χ4v) is 5.16. The Morgan fingerprint density at radius 3 is 2.19 bits per heavy atom. The number of amides is 1. The molecule has 0 radical (unpaired) electrons. The standard InChI is InChI=1S/C21H24N2O3S/c24-21(22-20(17-8-9-17)16-6-2-1-3-7-16)18-10-12-19(13-11-18)27(25,26)23-14-4-5-15-23/h1-3,6-7,10-13,17,20H,4-5,8-9,14-15H2,(H,22,24)/t20-/m1/s1. The third kappa shape index (κ3) is 3.92. The summed E-state index contributed by atoms with van der Waals surface area (Å²) in [6.45, 7) is 1.15. The van der Waals surface area contributed by atoms with Crippen LogP contribution in [0.4, 0.5) is 0 Å². The van der Waals surface area contributed by atoms with Crippen LogP contribution in [0.15, 0.2) is 59.5 Å². The van der Waals surface area contributed by atoms with Crippen LogP contribution < -0.4 is 5.32 Å². The van der Waals surface area contributed by atoms with Gasteiger partial charge in [-0.15, -0.1) is 0 Å². The maximum absolute atomic E-state index is 12.7. The Morgan fingerprint density at radius 1 is 0.963 bits per heavy atom. The molecule has 1 saturated carbocycles. The Hall–Kier alpha value is -2.18. The average molecular weight is 385 g/mol. The van der Waals surface area contributed by atoms with Crippen molar-refractivity contribution in [1.29, 1.82) is 0 Å². The molecule has 0 aromatic heterocycles. The van der Waals surface area contributed by atoms with Crippen LogP contribution in [0.2, 0.25) is 0 Å². The molecule has 6 heteroatoms. The van der Waals surface area contributed by atoms with Gasteiger partial charge in [0.15, 0.2) is 0 Å². The molecule has 1 saturated heterocycles. The summed E-state index contributed by atoms with van der Waals surface area (Å²) in [5.41, 5.74) is 1.60. The van der Waals surface area contributed by atoms with Gasteiger partial charge in [0.05, 0.1) is 10.9 Å². The Morgan fingerprint density at radius 2 is 1.59 bits per heavy atom. The molecule has 1 aliphatic heterocycles. The number of carbonyl (C=O) groups is 1. The highest BCUT2D eigenvalue weighted by molar-refractivity contribution is 7.89. The third-order valence-corrected chi connectivity index (χ3v) is 7.27. The molecular weight excluding hydrogens is 360 g/mol. The van der Waals surface area contributed by atoms with E-state index in [0.29, 0.717) is 24.6 Å². The van der Waals surface area contributed by atoms with Crippen molar-refractivity contribution in [2.24, 2.45) is 5.92 Å². The Balaban J connectivity index is 1.49. The van der Waals surface area contributed by atoms with Gasteiger partial charge in [0.2, 0.25) is 10.0 Å². The van der Waals surface area contributed by atoms with Gasteiger partial charge in [-0.1, -0.05) is 30.3 Å². The maximum atomic E-state index is 12.7. The summed E-state index contributed by atoms with van der Waals surface area (Å²) in [5, 5.41) is 3.13. The number of sulfonamides is 1. The van der Waals surface area contributed by atoms with Crippen LogP contribution in [-0.2, 0) is 10.0 Å². The number of hydrogen-bond donors (Lipinski definition) is 1. The van der Waals surface area contributed by atoms with Gasteiger partial charge >= 0.3 is 0 Å². The molecule has 1 heterocycles. The minimum Gasteiger partial charge on any atom is -0.345 e. The fourth-order valence-electron chi connectivity index (χ4n) is 3.64. The Bertz CT molecular complexity index is 900. The topological polar surface area (TPSA) is 66.5 Å². The van der Waals surface area contributed by atoms with E-state index in [0.717, 1.165) is 31.2 Å². The summed E-state index contributed by atoms with van der Waals surface area (Å²) < 4.78 is 26.7. The molecule has 2 aliphatic rings. The minimum atomic E-state index is -3.45. The smallest absolute Gasteiger partial charge is 0.251 e. The van der Waals surface area contributed by atoms with E-state index in [4.69, 9.17) is 0 Å². The number of nitrogens with one attached hydrogen (secondary N) is 1. The van der Waals surface area contributed by atoms with Gasteiger partial charge in [0.1, 0.15) is 0 Å². The van der Waals surface area contributed by atoms with E-state index in [1.807, 2.05) is 30.3 Å². The summed E-state index contributed by atoms with van der Waals surface area (Å²) in [6.07, 6.45) is 4.04. The van der Waals surface area contributed by atoms with Crippen molar-refractivity contribution in [3.8, 4) is 0 Å².